The van der Waals surface area contributed by atoms with Crippen LogP contribution in [0.3, 0.4) is 0 Å². The zero-order valence-corrected chi connectivity index (χ0v) is 26.3. The fraction of sp³-hybridized carbons (Fsp3) is 0.788. The van der Waals surface area contributed by atoms with Crippen LogP contribution in [-0.2, 0) is 9.53 Å². The number of hydrogen-bond donors (Lipinski definition) is 2. The van der Waals surface area contributed by atoms with E-state index >= 15 is 0 Å². The minimum absolute atomic E-state index is 0.0961. The topological polar surface area (TPSA) is 61.8 Å². The van der Waals surface area contributed by atoms with Crippen molar-refractivity contribution in [2.75, 3.05) is 26.2 Å². The Balaban J connectivity index is 0. The Labute approximate surface area is 236 Å². The molecule has 5 heteroatoms. The zero-order valence-electron chi connectivity index (χ0n) is 26.3. The van der Waals surface area contributed by atoms with Gasteiger partial charge in [0.2, 0.25) is 0 Å². The first-order valence-corrected chi connectivity index (χ1v) is 15.2. The molecule has 222 valence electrons. The fourth-order valence-corrected chi connectivity index (χ4v) is 4.94. The lowest BCUT2D eigenvalue weighted by Crippen LogP contribution is -2.54. The van der Waals surface area contributed by atoms with Crippen molar-refractivity contribution >= 4 is 5.97 Å². The van der Waals surface area contributed by atoms with E-state index < -0.39 is 12.0 Å². The van der Waals surface area contributed by atoms with Crippen LogP contribution in [0.4, 0.5) is 0 Å². The van der Waals surface area contributed by atoms with Crippen molar-refractivity contribution in [3.05, 3.63) is 23.5 Å². The highest BCUT2D eigenvalue weighted by atomic mass is 16.5. The van der Waals surface area contributed by atoms with Gasteiger partial charge in [0.1, 0.15) is 6.04 Å². The van der Waals surface area contributed by atoms with E-state index in [4.69, 9.17) is 4.74 Å². The summed E-state index contributed by atoms with van der Waals surface area (Å²) in [6.07, 6.45) is 24.7. The van der Waals surface area contributed by atoms with E-state index in [9.17, 15) is 9.90 Å². The SMILES string of the molecule is C#C.CCCCC.CCN(C(C/C(C)=C/C=C(\C)OCCCCC1CCNCC1)C(=O)O)C(C)(CC)CC. The number of likely N-dealkylation sites (N-methyl/N-ethyl adjacent to an activating group) is 1. The van der Waals surface area contributed by atoms with Gasteiger partial charge >= 0.3 is 5.97 Å². The highest BCUT2D eigenvalue weighted by molar-refractivity contribution is 5.74. The van der Waals surface area contributed by atoms with Crippen LogP contribution < -0.4 is 5.32 Å². The smallest absolute Gasteiger partial charge is 0.321 e. The molecule has 1 rings (SSSR count). The lowest BCUT2D eigenvalue weighted by atomic mass is 9.89. The van der Waals surface area contributed by atoms with Gasteiger partial charge in [0.05, 0.1) is 12.4 Å². The largest absolute Gasteiger partial charge is 0.498 e. The number of nitrogens with one attached hydrogen (secondary N) is 1. The number of rotatable bonds is 17. The van der Waals surface area contributed by atoms with Crippen LogP contribution in [0, 0.1) is 18.8 Å². The van der Waals surface area contributed by atoms with E-state index in [1.807, 2.05) is 26.0 Å². The summed E-state index contributed by atoms with van der Waals surface area (Å²) < 4.78 is 5.87. The Morgan fingerprint density at radius 2 is 1.61 bits per heavy atom. The molecule has 0 aromatic heterocycles. The van der Waals surface area contributed by atoms with Crippen LogP contribution in [0.2, 0.25) is 0 Å². The van der Waals surface area contributed by atoms with Crippen molar-refractivity contribution in [3.8, 4) is 12.8 Å². The number of aliphatic carboxylic acids is 1. The van der Waals surface area contributed by atoms with Crippen molar-refractivity contribution in [2.45, 2.75) is 138 Å². The predicted molar refractivity (Wildman–Crippen MR) is 165 cm³/mol. The number of carbonyl (C=O) groups is 1. The van der Waals surface area contributed by atoms with E-state index in [1.54, 1.807) is 0 Å². The Hall–Kier alpha value is -1.77. The van der Waals surface area contributed by atoms with Crippen molar-refractivity contribution in [1.82, 2.24) is 10.2 Å². The van der Waals surface area contributed by atoms with Gasteiger partial charge in [0.15, 0.2) is 0 Å². The van der Waals surface area contributed by atoms with Crippen LogP contribution in [0.25, 0.3) is 0 Å². The number of terminal acetylenes is 1. The van der Waals surface area contributed by atoms with E-state index in [2.05, 4.69) is 64.6 Å². The van der Waals surface area contributed by atoms with E-state index in [-0.39, 0.29) is 5.54 Å². The first kappa shape index (κ1) is 38.4. The summed E-state index contributed by atoms with van der Waals surface area (Å²) in [7, 11) is 0. The van der Waals surface area contributed by atoms with E-state index in [0.29, 0.717) is 6.42 Å². The number of allylic oxidation sites excluding steroid dienone is 3. The molecule has 1 unspecified atom stereocenters. The van der Waals surface area contributed by atoms with Gasteiger partial charge in [0, 0.05) is 5.54 Å². The first-order valence-electron chi connectivity index (χ1n) is 15.2. The van der Waals surface area contributed by atoms with Crippen LogP contribution in [0.1, 0.15) is 126 Å². The summed E-state index contributed by atoms with van der Waals surface area (Å²) in [6, 6.07) is -0.504. The Morgan fingerprint density at radius 3 is 2.05 bits per heavy atom. The molecule has 0 aromatic rings. The second-order valence-electron chi connectivity index (χ2n) is 10.7. The molecule has 0 spiro atoms. The number of hydrogen-bond acceptors (Lipinski definition) is 4. The summed E-state index contributed by atoms with van der Waals surface area (Å²) in [5.41, 5.74) is 0.968. The molecule has 0 saturated carbocycles. The molecule has 0 amide bonds. The molecular weight excluding hydrogens is 472 g/mol. The number of unbranched alkanes of at least 4 members (excludes halogenated alkanes) is 3. The van der Waals surface area contributed by atoms with Gasteiger partial charge in [-0.3, -0.25) is 9.69 Å². The number of nitrogens with zero attached hydrogens (tertiary/aromatic N) is 1. The van der Waals surface area contributed by atoms with Crippen molar-refractivity contribution in [2.24, 2.45) is 5.92 Å². The quantitative estimate of drug-likeness (QED) is 0.0852. The van der Waals surface area contributed by atoms with Gasteiger partial charge in [-0.05, 0) is 97.3 Å². The lowest BCUT2D eigenvalue weighted by molar-refractivity contribution is -0.146. The van der Waals surface area contributed by atoms with Crippen molar-refractivity contribution in [1.29, 1.82) is 0 Å². The average molecular weight is 535 g/mol. The molecule has 1 fully saturated rings. The summed E-state index contributed by atoms with van der Waals surface area (Å²) >= 11 is 0. The lowest BCUT2D eigenvalue weighted by Gasteiger charge is -2.43. The summed E-state index contributed by atoms with van der Waals surface area (Å²) in [6.45, 7) is 20.8. The monoisotopic (exact) mass is 534 g/mol. The number of carboxylic acid groups (broad SMARTS) is 1. The molecule has 1 heterocycles. The molecule has 38 heavy (non-hydrogen) atoms. The predicted octanol–water partition coefficient (Wildman–Crippen LogP) is 8.21. The maximum atomic E-state index is 12.1. The molecule has 0 bridgehead atoms. The van der Waals surface area contributed by atoms with Gasteiger partial charge in [-0.2, -0.15) is 0 Å². The molecular formula is C33H62N2O3. The molecule has 1 saturated heterocycles. The Bertz CT molecular complexity index is 656. The molecule has 1 atom stereocenters. The first-order chi connectivity index (χ1) is 18.2. The van der Waals surface area contributed by atoms with E-state index in [1.165, 1.54) is 58.0 Å². The van der Waals surface area contributed by atoms with Gasteiger partial charge in [-0.25, -0.2) is 0 Å². The number of carboxylic acids is 1. The van der Waals surface area contributed by atoms with Crippen LogP contribution in [0.15, 0.2) is 23.5 Å². The summed E-state index contributed by atoms with van der Waals surface area (Å²) in [5, 5.41) is 13.3. The summed E-state index contributed by atoms with van der Waals surface area (Å²) in [4.78, 5) is 14.2. The molecule has 0 aromatic carbocycles. The van der Waals surface area contributed by atoms with Crippen LogP contribution in [-0.4, -0.2) is 53.8 Å². The molecule has 1 aliphatic rings. The third kappa shape index (κ3) is 16.9. The van der Waals surface area contributed by atoms with Gasteiger partial charge < -0.3 is 15.2 Å². The van der Waals surface area contributed by atoms with E-state index in [0.717, 1.165) is 49.7 Å². The number of piperidine rings is 1. The van der Waals surface area contributed by atoms with Crippen molar-refractivity contribution < 1.29 is 14.6 Å². The fourth-order valence-electron chi connectivity index (χ4n) is 4.94. The molecule has 0 radical (unpaired) electrons. The third-order valence-electron chi connectivity index (χ3n) is 7.84. The maximum absolute atomic E-state index is 12.1. The molecule has 1 aliphatic heterocycles. The van der Waals surface area contributed by atoms with Crippen LogP contribution >= 0.6 is 0 Å². The second kappa shape index (κ2) is 24.3. The standard InChI is InChI=1S/C26H48N2O3.C5H12.C2H2/c1-7-26(6,8-2)28(9-3)24(25(29)30)20-21(4)13-14-22(5)31-19-11-10-12-23-15-17-27-18-16-23;1-3-5-4-2;1-2/h13-14,23-24,27H,7-12,15-20H2,1-6H3,(H,29,30);3-5H2,1-2H3;1-2H/b21-13+,22-14+;;. The Kier molecular flexibility index (Phi) is 24.5. The highest BCUT2D eigenvalue weighted by Crippen LogP contribution is 2.28. The maximum Gasteiger partial charge on any atom is 0.321 e. The summed E-state index contributed by atoms with van der Waals surface area (Å²) in [5.74, 6) is 1.04. The van der Waals surface area contributed by atoms with Gasteiger partial charge in [0.25, 0.3) is 0 Å². The van der Waals surface area contributed by atoms with Gasteiger partial charge in [-0.15, -0.1) is 12.8 Å². The van der Waals surface area contributed by atoms with Crippen LogP contribution in [0.5, 0.6) is 0 Å². The minimum atomic E-state index is -0.742. The normalized spacial score (nSPS) is 15.7. The molecule has 0 aliphatic carbocycles. The van der Waals surface area contributed by atoms with Gasteiger partial charge in [-0.1, -0.05) is 72.0 Å². The third-order valence-corrected chi connectivity index (χ3v) is 7.84. The second-order valence-corrected chi connectivity index (χ2v) is 10.7. The highest BCUT2D eigenvalue weighted by Gasteiger charge is 2.36. The minimum Gasteiger partial charge on any atom is -0.498 e. The molecule has 2 N–H and O–H groups in total. The average Bonchev–Trinajstić information content (AvgIpc) is 2.93. The number of ether oxygens (including phenoxy) is 1. The Morgan fingerprint density at radius 1 is 1.03 bits per heavy atom. The molecule has 5 nitrogen and oxygen atoms in total. The van der Waals surface area contributed by atoms with Crippen molar-refractivity contribution in [3.63, 3.8) is 0 Å². The zero-order chi connectivity index (χ0) is 29.4.